The number of carboxylic acids is 1. The maximum atomic E-state index is 10.6. The van der Waals surface area contributed by atoms with E-state index in [1.165, 1.54) is 0 Å². The Labute approximate surface area is 131 Å². The normalized spacial score (nSPS) is 10.6. The maximum Gasteiger partial charge on any atom is 0.307 e. The van der Waals surface area contributed by atoms with Crippen LogP contribution in [0.25, 0.3) is 0 Å². The summed E-state index contributed by atoms with van der Waals surface area (Å²) in [5, 5.41) is 13.1. The Morgan fingerprint density at radius 3 is 2.52 bits per heavy atom. The van der Waals surface area contributed by atoms with Crippen LogP contribution in [0.4, 0.5) is 0 Å². The zero-order valence-corrected chi connectivity index (χ0v) is 13.6. The van der Waals surface area contributed by atoms with Crippen molar-refractivity contribution in [3.63, 3.8) is 0 Å². The average molecular weight is 353 g/mol. The van der Waals surface area contributed by atoms with Crippen LogP contribution in [0, 0.1) is 13.8 Å². The lowest BCUT2D eigenvalue weighted by Gasteiger charge is -2.08. The monoisotopic (exact) mass is 352 g/mol. The number of hydrogen-bond acceptors (Lipinski definition) is 3. The number of ether oxygens (including phenoxy) is 1. The molecule has 0 aliphatic rings. The van der Waals surface area contributed by atoms with Crippen LogP contribution in [0.1, 0.15) is 17.0 Å². The van der Waals surface area contributed by atoms with Gasteiger partial charge in [-0.1, -0.05) is 12.1 Å². The van der Waals surface area contributed by atoms with Gasteiger partial charge in [-0.3, -0.25) is 9.48 Å². The first kappa shape index (κ1) is 15.6. The van der Waals surface area contributed by atoms with Gasteiger partial charge in [0.1, 0.15) is 12.4 Å². The molecule has 0 amide bonds. The van der Waals surface area contributed by atoms with Gasteiger partial charge in [0.05, 0.1) is 23.1 Å². The zero-order chi connectivity index (χ0) is 15.4. The van der Waals surface area contributed by atoms with Gasteiger partial charge in [-0.15, -0.1) is 0 Å². The minimum absolute atomic E-state index is 0.0278. The van der Waals surface area contributed by atoms with Crippen LogP contribution in [0.5, 0.6) is 5.75 Å². The highest BCUT2D eigenvalue weighted by Gasteiger charge is 2.08. The van der Waals surface area contributed by atoms with Gasteiger partial charge in [0, 0.05) is 5.69 Å². The Morgan fingerprint density at radius 2 is 2.00 bits per heavy atom. The molecular formula is C15H17BrN2O3. The van der Waals surface area contributed by atoms with Crippen LogP contribution in [0.3, 0.4) is 0 Å². The van der Waals surface area contributed by atoms with E-state index >= 15 is 0 Å². The Bertz CT molecular complexity index is 635. The molecule has 0 atom stereocenters. The number of benzene rings is 1. The first-order valence-electron chi connectivity index (χ1n) is 6.60. The van der Waals surface area contributed by atoms with E-state index in [0.29, 0.717) is 13.2 Å². The number of halogens is 1. The number of carbonyl (C=O) groups is 1. The van der Waals surface area contributed by atoms with Crippen molar-refractivity contribution in [3.05, 3.63) is 45.7 Å². The minimum Gasteiger partial charge on any atom is -0.492 e. The van der Waals surface area contributed by atoms with Crippen molar-refractivity contribution >= 4 is 21.9 Å². The van der Waals surface area contributed by atoms with Crippen molar-refractivity contribution in [2.24, 2.45) is 0 Å². The fourth-order valence-electron chi connectivity index (χ4n) is 2.02. The van der Waals surface area contributed by atoms with E-state index in [1.54, 1.807) is 24.3 Å². The second-order valence-corrected chi connectivity index (χ2v) is 5.56. The summed E-state index contributed by atoms with van der Waals surface area (Å²) in [5.74, 6) is -0.108. The molecule has 1 aromatic heterocycles. The number of hydrogen-bond donors (Lipinski definition) is 1. The van der Waals surface area contributed by atoms with Gasteiger partial charge >= 0.3 is 5.97 Å². The van der Waals surface area contributed by atoms with Gasteiger partial charge in [0.25, 0.3) is 0 Å². The van der Waals surface area contributed by atoms with Gasteiger partial charge < -0.3 is 9.84 Å². The lowest BCUT2D eigenvalue weighted by Crippen LogP contribution is -2.11. The fourth-order valence-corrected chi connectivity index (χ4v) is 2.30. The summed E-state index contributed by atoms with van der Waals surface area (Å²) >= 11 is 3.49. The highest BCUT2D eigenvalue weighted by atomic mass is 79.9. The Morgan fingerprint density at radius 1 is 1.33 bits per heavy atom. The molecule has 0 radical (unpaired) electrons. The van der Waals surface area contributed by atoms with Crippen LogP contribution in [0.15, 0.2) is 28.7 Å². The summed E-state index contributed by atoms with van der Waals surface area (Å²) in [7, 11) is 0. The summed E-state index contributed by atoms with van der Waals surface area (Å²) in [6, 6.07) is 7.11. The van der Waals surface area contributed by atoms with Gasteiger partial charge in [-0.05, 0) is 47.5 Å². The molecule has 2 aromatic rings. The predicted octanol–water partition coefficient (Wildman–Crippen LogP) is 2.97. The van der Waals surface area contributed by atoms with Crippen molar-refractivity contribution in [1.29, 1.82) is 0 Å². The summed E-state index contributed by atoms with van der Waals surface area (Å²) < 4.78 is 8.58. The number of aliphatic carboxylic acids is 1. The zero-order valence-electron chi connectivity index (χ0n) is 12.0. The van der Waals surface area contributed by atoms with Crippen molar-refractivity contribution in [1.82, 2.24) is 9.78 Å². The molecule has 1 N–H and O–H groups in total. The molecule has 0 spiro atoms. The van der Waals surface area contributed by atoms with Gasteiger partial charge in [0.15, 0.2) is 0 Å². The van der Waals surface area contributed by atoms with Gasteiger partial charge in [-0.2, -0.15) is 5.10 Å². The summed E-state index contributed by atoms with van der Waals surface area (Å²) in [6.07, 6.45) is 0.0278. The standard InChI is InChI=1S/C15H17BrN2O3/c1-10-15(16)11(2)18(17-10)7-8-21-13-5-3-12(4-6-13)9-14(19)20/h3-6H,7-9H2,1-2H3,(H,19,20). The molecule has 1 aromatic carbocycles. The molecule has 21 heavy (non-hydrogen) atoms. The molecule has 1 heterocycles. The van der Waals surface area contributed by atoms with Crippen molar-refractivity contribution in [2.75, 3.05) is 6.61 Å². The highest BCUT2D eigenvalue weighted by Crippen LogP contribution is 2.19. The second kappa shape index (κ2) is 6.76. The number of carboxylic acid groups (broad SMARTS) is 1. The fraction of sp³-hybridized carbons (Fsp3) is 0.333. The molecule has 0 aliphatic carbocycles. The molecule has 0 saturated heterocycles. The SMILES string of the molecule is Cc1nn(CCOc2ccc(CC(=O)O)cc2)c(C)c1Br. The molecule has 6 heteroatoms. The summed E-state index contributed by atoms with van der Waals surface area (Å²) in [5.41, 5.74) is 2.80. The average Bonchev–Trinajstić information content (AvgIpc) is 2.68. The number of aromatic nitrogens is 2. The quantitative estimate of drug-likeness (QED) is 0.867. The van der Waals surface area contributed by atoms with E-state index in [-0.39, 0.29) is 6.42 Å². The Kier molecular flexibility index (Phi) is 5.01. The third-order valence-corrected chi connectivity index (χ3v) is 4.29. The minimum atomic E-state index is -0.834. The molecule has 0 saturated carbocycles. The van der Waals surface area contributed by atoms with Gasteiger partial charge in [-0.25, -0.2) is 0 Å². The number of rotatable bonds is 6. The molecule has 0 aliphatic heterocycles. The van der Waals surface area contributed by atoms with Crippen LogP contribution >= 0.6 is 15.9 Å². The smallest absolute Gasteiger partial charge is 0.307 e. The summed E-state index contributed by atoms with van der Waals surface area (Å²) in [4.78, 5) is 10.6. The van der Waals surface area contributed by atoms with Crippen molar-refractivity contribution in [3.8, 4) is 5.75 Å². The molecular weight excluding hydrogens is 336 g/mol. The Hall–Kier alpha value is -1.82. The van der Waals surface area contributed by atoms with Crippen LogP contribution in [0.2, 0.25) is 0 Å². The molecule has 0 unspecified atom stereocenters. The maximum absolute atomic E-state index is 10.6. The van der Waals surface area contributed by atoms with E-state index in [0.717, 1.165) is 27.2 Å². The van der Waals surface area contributed by atoms with Crippen molar-refractivity contribution in [2.45, 2.75) is 26.8 Å². The topological polar surface area (TPSA) is 64.4 Å². The van der Waals surface area contributed by atoms with Crippen LogP contribution in [-0.2, 0) is 17.8 Å². The summed E-state index contributed by atoms with van der Waals surface area (Å²) in [6.45, 7) is 5.13. The van der Waals surface area contributed by atoms with Crippen molar-refractivity contribution < 1.29 is 14.6 Å². The first-order valence-corrected chi connectivity index (χ1v) is 7.39. The van der Waals surface area contributed by atoms with Gasteiger partial charge in [0.2, 0.25) is 0 Å². The van der Waals surface area contributed by atoms with E-state index in [1.807, 2.05) is 18.5 Å². The lowest BCUT2D eigenvalue weighted by molar-refractivity contribution is -0.136. The molecule has 2 rings (SSSR count). The van der Waals surface area contributed by atoms with E-state index < -0.39 is 5.97 Å². The third-order valence-electron chi connectivity index (χ3n) is 3.14. The molecule has 0 fully saturated rings. The Balaban J connectivity index is 1.88. The second-order valence-electron chi connectivity index (χ2n) is 4.77. The molecule has 0 bridgehead atoms. The first-order chi connectivity index (χ1) is 9.97. The van der Waals surface area contributed by atoms with E-state index in [4.69, 9.17) is 9.84 Å². The van der Waals surface area contributed by atoms with E-state index in [9.17, 15) is 4.79 Å². The molecule has 5 nitrogen and oxygen atoms in total. The molecule has 112 valence electrons. The number of aryl methyl sites for hydroxylation is 1. The largest absolute Gasteiger partial charge is 0.492 e. The third kappa shape index (κ3) is 4.07. The number of nitrogens with zero attached hydrogens (tertiary/aromatic N) is 2. The predicted molar refractivity (Wildman–Crippen MR) is 82.7 cm³/mol. The van der Waals surface area contributed by atoms with E-state index in [2.05, 4.69) is 21.0 Å². The highest BCUT2D eigenvalue weighted by molar-refractivity contribution is 9.10. The lowest BCUT2D eigenvalue weighted by atomic mass is 10.1. The van der Waals surface area contributed by atoms with Crippen LogP contribution in [-0.4, -0.2) is 27.5 Å². The van der Waals surface area contributed by atoms with Crippen LogP contribution < -0.4 is 4.74 Å².